The highest BCUT2D eigenvalue weighted by molar-refractivity contribution is 5.44. The van der Waals surface area contributed by atoms with Crippen LogP contribution in [0.4, 0.5) is 0 Å². The third kappa shape index (κ3) is 2.51. The fraction of sp³-hybridized carbons (Fsp3) is 0.615. The van der Waals surface area contributed by atoms with E-state index >= 15 is 0 Å². The van der Waals surface area contributed by atoms with Gasteiger partial charge >= 0.3 is 0 Å². The lowest BCUT2D eigenvalue weighted by atomic mass is 9.94. The molecule has 0 spiro atoms. The lowest BCUT2D eigenvalue weighted by Crippen LogP contribution is -2.33. The summed E-state index contributed by atoms with van der Waals surface area (Å²) in [6, 6.07) is 0.394. The predicted octanol–water partition coefficient (Wildman–Crippen LogP) is 2.01. The largest absolute Gasteiger partial charge is 0.314 e. The van der Waals surface area contributed by atoms with Crippen molar-refractivity contribution in [1.82, 2.24) is 24.9 Å². The van der Waals surface area contributed by atoms with Crippen LogP contribution in [0.1, 0.15) is 45.2 Å². The highest BCUT2D eigenvalue weighted by Gasteiger charge is 2.21. The highest BCUT2D eigenvalue weighted by atomic mass is 15.2. The van der Waals surface area contributed by atoms with Gasteiger partial charge in [0.2, 0.25) is 0 Å². The van der Waals surface area contributed by atoms with Crippen LogP contribution in [0.25, 0.3) is 5.65 Å². The summed E-state index contributed by atoms with van der Waals surface area (Å²) in [6.07, 6.45) is 7.61. The Morgan fingerprint density at radius 1 is 1.39 bits per heavy atom. The number of hydrogen-bond donors (Lipinski definition) is 1. The average molecular weight is 247 g/mol. The van der Waals surface area contributed by atoms with E-state index in [1.807, 2.05) is 16.8 Å². The van der Waals surface area contributed by atoms with Crippen molar-refractivity contribution in [2.75, 3.05) is 6.54 Å². The van der Waals surface area contributed by atoms with Crippen LogP contribution in [0.5, 0.6) is 0 Å². The molecule has 0 aliphatic carbocycles. The van der Waals surface area contributed by atoms with Gasteiger partial charge in [-0.05, 0) is 26.3 Å². The molecule has 0 fully saturated rings. The molecule has 2 heterocycles. The molecule has 0 aliphatic heterocycles. The Labute approximate surface area is 108 Å². The van der Waals surface area contributed by atoms with Gasteiger partial charge in [0.05, 0.1) is 5.69 Å². The van der Waals surface area contributed by atoms with E-state index in [1.165, 1.54) is 0 Å². The molecule has 2 rings (SSSR count). The smallest absolute Gasteiger partial charge is 0.182 e. The van der Waals surface area contributed by atoms with E-state index in [-0.39, 0.29) is 0 Å². The van der Waals surface area contributed by atoms with E-state index in [9.17, 15) is 0 Å². The van der Waals surface area contributed by atoms with Gasteiger partial charge in [0.25, 0.3) is 0 Å². The standard InChI is InChI=1S/C13H21N5/c1-4-6-14-10(3)11(5-2)12-13-17-16-9-18(13)8-7-15-12/h7-11,14H,4-6H2,1-3H3. The van der Waals surface area contributed by atoms with Gasteiger partial charge in [-0.1, -0.05) is 13.8 Å². The van der Waals surface area contributed by atoms with Crippen LogP contribution in [-0.2, 0) is 0 Å². The normalized spacial score (nSPS) is 14.8. The second-order valence-electron chi connectivity index (χ2n) is 4.63. The third-order valence-electron chi connectivity index (χ3n) is 3.35. The molecular weight excluding hydrogens is 226 g/mol. The van der Waals surface area contributed by atoms with Crippen molar-refractivity contribution in [2.24, 2.45) is 0 Å². The van der Waals surface area contributed by atoms with Crippen LogP contribution in [-0.4, -0.2) is 32.2 Å². The van der Waals surface area contributed by atoms with Crippen molar-refractivity contribution in [3.8, 4) is 0 Å². The Morgan fingerprint density at radius 2 is 2.22 bits per heavy atom. The number of rotatable bonds is 6. The number of fused-ring (bicyclic) bond motifs is 1. The van der Waals surface area contributed by atoms with Gasteiger partial charge in [-0.2, -0.15) is 0 Å². The molecule has 0 radical (unpaired) electrons. The summed E-state index contributed by atoms with van der Waals surface area (Å²) in [5.41, 5.74) is 1.91. The number of nitrogens with one attached hydrogen (secondary N) is 1. The molecular formula is C13H21N5. The molecule has 5 heteroatoms. The van der Waals surface area contributed by atoms with Crippen LogP contribution in [0.15, 0.2) is 18.7 Å². The molecule has 2 aromatic rings. The first-order valence-corrected chi connectivity index (χ1v) is 6.65. The summed E-state index contributed by atoms with van der Waals surface area (Å²) < 4.78 is 1.93. The van der Waals surface area contributed by atoms with Gasteiger partial charge in [0, 0.05) is 24.4 Å². The number of hydrogen-bond acceptors (Lipinski definition) is 4. The molecule has 2 aromatic heterocycles. The molecule has 2 unspecified atom stereocenters. The van der Waals surface area contributed by atoms with Crippen LogP contribution in [0.2, 0.25) is 0 Å². The zero-order valence-corrected chi connectivity index (χ0v) is 11.3. The Kier molecular flexibility index (Phi) is 4.25. The van der Waals surface area contributed by atoms with Crippen LogP contribution < -0.4 is 5.32 Å². The van der Waals surface area contributed by atoms with Gasteiger partial charge in [-0.15, -0.1) is 10.2 Å². The summed E-state index contributed by atoms with van der Waals surface area (Å²) in [4.78, 5) is 4.52. The van der Waals surface area contributed by atoms with E-state index < -0.39 is 0 Å². The van der Waals surface area contributed by atoms with Gasteiger partial charge < -0.3 is 5.32 Å². The van der Waals surface area contributed by atoms with Crippen molar-refractivity contribution in [1.29, 1.82) is 0 Å². The maximum atomic E-state index is 4.52. The minimum atomic E-state index is 0.365. The van der Waals surface area contributed by atoms with Crippen molar-refractivity contribution in [2.45, 2.75) is 45.6 Å². The predicted molar refractivity (Wildman–Crippen MR) is 71.6 cm³/mol. The Bertz CT molecular complexity index is 493. The van der Waals surface area contributed by atoms with E-state index in [0.717, 1.165) is 30.7 Å². The summed E-state index contributed by atoms with van der Waals surface area (Å²) in [5, 5.41) is 11.7. The van der Waals surface area contributed by atoms with Gasteiger partial charge in [-0.25, -0.2) is 0 Å². The first kappa shape index (κ1) is 13.0. The maximum absolute atomic E-state index is 4.52. The Morgan fingerprint density at radius 3 is 2.94 bits per heavy atom. The minimum absolute atomic E-state index is 0.365. The zero-order valence-electron chi connectivity index (χ0n) is 11.3. The topological polar surface area (TPSA) is 55.1 Å². The third-order valence-corrected chi connectivity index (χ3v) is 3.35. The van der Waals surface area contributed by atoms with Gasteiger partial charge in [-0.3, -0.25) is 9.38 Å². The lowest BCUT2D eigenvalue weighted by Gasteiger charge is -2.23. The fourth-order valence-corrected chi connectivity index (χ4v) is 2.34. The van der Waals surface area contributed by atoms with E-state index in [0.29, 0.717) is 12.0 Å². The lowest BCUT2D eigenvalue weighted by molar-refractivity contribution is 0.444. The Hall–Kier alpha value is -1.49. The summed E-state index contributed by atoms with van der Waals surface area (Å²) in [6.45, 7) is 7.62. The Balaban J connectivity index is 2.29. The van der Waals surface area contributed by atoms with Gasteiger partial charge in [0.1, 0.15) is 6.33 Å². The molecule has 1 N–H and O–H groups in total. The molecule has 5 nitrogen and oxygen atoms in total. The van der Waals surface area contributed by atoms with Crippen molar-refractivity contribution in [3.63, 3.8) is 0 Å². The van der Waals surface area contributed by atoms with E-state index in [4.69, 9.17) is 0 Å². The molecule has 2 atom stereocenters. The van der Waals surface area contributed by atoms with Crippen LogP contribution >= 0.6 is 0 Å². The summed E-state index contributed by atoms with van der Waals surface area (Å²) in [5.74, 6) is 0.365. The van der Waals surface area contributed by atoms with Crippen molar-refractivity contribution >= 4 is 5.65 Å². The van der Waals surface area contributed by atoms with E-state index in [1.54, 1.807) is 6.33 Å². The van der Waals surface area contributed by atoms with E-state index in [2.05, 4.69) is 41.3 Å². The quantitative estimate of drug-likeness (QED) is 0.848. The monoisotopic (exact) mass is 247 g/mol. The van der Waals surface area contributed by atoms with Crippen LogP contribution in [0, 0.1) is 0 Å². The van der Waals surface area contributed by atoms with Gasteiger partial charge in [0.15, 0.2) is 5.65 Å². The molecule has 0 saturated heterocycles. The molecule has 0 bridgehead atoms. The first-order chi connectivity index (χ1) is 8.77. The second-order valence-corrected chi connectivity index (χ2v) is 4.63. The second kappa shape index (κ2) is 5.91. The molecule has 0 aliphatic rings. The fourth-order valence-electron chi connectivity index (χ4n) is 2.34. The molecule has 0 amide bonds. The molecule has 0 aromatic carbocycles. The highest BCUT2D eigenvalue weighted by Crippen LogP contribution is 2.24. The maximum Gasteiger partial charge on any atom is 0.182 e. The number of nitrogens with zero attached hydrogens (tertiary/aromatic N) is 4. The zero-order chi connectivity index (χ0) is 13.0. The summed E-state index contributed by atoms with van der Waals surface area (Å²) in [7, 11) is 0. The minimum Gasteiger partial charge on any atom is -0.314 e. The van der Waals surface area contributed by atoms with Crippen molar-refractivity contribution in [3.05, 3.63) is 24.4 Å². The number of aromatic nitrogens is 4. The SMILES string of the molecule is CCCNC(C)C(CC)c1nccn2cnnc12. The van der Waals surface area contributed by atoms with Crippen LogP contribution in [0.3, 0.4) is 0 Å². The average Bonchev–Trinajstić information content (AvgIpc) is 2.86. The van der Waals surface area contributed by atoms with Crippen molar-refractivity contribution < 1.29 is 0 Å². The molecule has 0 saturated carbocycles. The molecule has 18 heavy (non-hydrogen) atoms. The summed E-state index contributed by atoms with van der Waals surface area (Å²) >= 11 is 0. The molecule has 98 valence electrons. The first-order valence-electron chi connectivity index (χ1n) is 6.65.